The normalized spacial score (nSPS) is 17.3. The molecule has 1 aliphatic rings. The fourth-order valence-corrected chi connectivity index (χ4v) is 1.26. The van der Waals surface area contributed by atoms with Gasteiger partial charge in [-0.25, -0.2) is 0 Å². The third kappa shape index (κ3) is 1.01. The summed E-state index contributed by atoms with van der Waals surface area (Å²) in [6, 6.07) is 1.83. The molecule has 0 spiro atoms. The zero-order valence-corrected chi connectivity index (χ0v) is 6.23. The lowest BCUT2D eigenvalue weighted by Crippen LogP contribution is -1.82. The van der Waals surface area contributed by atoms with E-state index in [4.69, 9.17) is 11.6 Å². The highest BCUT2D eigenvalue weighted by Gasteiger charge is 2.25. The Morgan fingerprint density at radius 1 is 1.60 bits per heavy atom. The summed E-state index contributed by atoms with van der Waals surface area (Å²) in [7, 11) is 0. The molecule has 0 saturated heterocycles. The van der Waals surface area contributed by atoms with Gasteiger partial charge in [0, 0.05) is 16.8 Å². The molecule has 0 N–H and O–H groups in total. The molecule has 0 bridgehead atoms. The molecule has 0 aliphatic heterocycles. The smallest absolute Gasteiger partial charge is 0.0939 e. The lowest BCUT2D eigenvalue weighted by atomic mass is 10.2. The number of hydrogen-bond acceptors (Lipinski definition) is 1. The van der Waals surface area contributed by atoms with Crippen molar-refractivity contribution in [3.8, 4) is 0 Å². The molecule has 0 unspecified atom stereocenters. The van der Waals surface area contributed by atoms with E-state index in [1.54, 1.807) is 6.20 Å². The molecule has 1 aliphatic carbocycles. The second-order valence-corrected chi connectivity index (χ2v) is 3.00. The molecule has 0 atom stereocenters. The SMILES string of the molecule is Clc1ccn[c]c1C1CC1. The summed E-state index contributed by atoms with van der Waals surface area (Å²) in [6.45, 7) is 0. The van der Waals surface area contributed by atoms with E-state index in [2.05, 4.69) is 11.2 Å². The van der Waals surface area contributed by atoms with Gasteiger partial charge in [0.05, 0.1) is 6.20 Å². The molecule has 2 heteroatoms. The first kappa shape index (κ1) is 6.17. The van der Waals surface area contributed by atoms with Gasteiger partial charge in [0.25, 0.3) is 0 Å². The molecule has 0 aromatic carbocycles. The van der Waals surface area contributed by atoms with E-state index in [9.17, 15) is 0 Å². The fourth-order valence-electron chi connectivity index (χ4n) is 1.01. The number of halogens is 1. The second-order valence-electron chi connectivity index (χ2n) is 2.59. The largest absolute Gasteiger partial charge is 0.254 e. The van der Waals surface area contributed by atoms with Crippen LogP contribution in [0.1, 0.15) is 24.3 Å². The van der Waals surface area contributed by atoms with E-state index in [0.29, 0.717) is 5.92 Å². The van der Waals surface area contributed by atoms with Crippen molar-refractivity contribution in [2.24, 2.45) is 0 Å². The maximum atomic E-state index is 5.89. The molecule has 1 nitrogen and oxygen atoms in total. The number of hydrogen-bond donors (Lipinski definition) is 0. The molecular weight excluding hydrogens is 146 g/mol. The van der Waals surface area contributed by atoms with Crippen molar-refractivity contribution in [2.45, 2.75) is 18.8 Å². The average Bonchev–Trinajstić information content (AvgIpc) is 2.71. The summed E-state index contributed by atoms with van der Waals surface area (Å²) in [5.74, 6) is 0.654. The molecule has 2 rings (SSSR count). The third-order valence-electron chi connectivity index (χ3n) is 1.72. The number of pyridine rings is 1. The van der Waals surface area contributed by atoms with Crippen molar-refractivity contribution in [3.05, 3.63) is 29.0 Å². The van der Waals surface area contributed by atoms with Crippen LogP contribution < -0.4 is 0 Å². The highest BCUT2D eigenvalue weighted by Crippen LogP contribution is 2.42. The Balaban J connectivity index is 2.39. The van der Waals surface area contributed by atoms with Gasteiger partial charge in [-0.1, -0.05) is 11.6 Å². The Morgan fingerprint density at radius 3 is 3.00 bits per heavy atom. The Kier molecular flexibility index (Phi) is 1.38. The average molecular weight is 153 g/mol. The molecule has 51 valence electrons. The van der Waals surface area contributed by atoms with Crippen molar-refractivity contribution in [3.63, 3.8) is 0 Å². The Hall–Kier alpha value is -0.560. The number of aromatic nitrogens is 1. The van der Waals surface area contributed by atoms with Gasteiger partial charge in [0.15, 0.2) is 0 Å². The van der Waals surface area contributed by atoms with Crippen molar-refractivity contribution in [1.82, 2.24) is 4.98 Å². The molecular formula is C8H7ClN. The molecule has 10 heavy (non-hydrogen) atoms. The van der Waals surface area contributed by atoms with Crippen LogP contribution in [-0.2, 0) is 0 Å². The first-order valence-corrected chi connectivity index (χ1v) is 3.78. The minimum Gasteiger partial charge on any atom is -0.254 e. The van der Waals surface area contributed by atoms with Crippen molar-refractivity contribution in [2.75, 3.05) is 0 Å². The molecule has 1 aromatic heterocycles. The van der Waals surface area contributed by atoms with Crippen LogP contribution in [0.2, 0.25) is 5.02 Å². The standard InChI is InChI=1S/C8H7ClN/c9-8-3-4-10-5-7(8)6-1-2-6/h3-4,6H,1-2H2. The van der Waals surface area contributed by atoms with Crippen LogP contribution in [0.3, 0.4) is 0 Å². The van der Waals surface area contributed by atoms with Crippen LogP contribution >= 0.6 is 11.6 Å². The van der Waals surface area contributed by atoms with Crippen molar-refractivity contribution in [1.29, 1.82) is 0 Å². The van der Waals surface area contributed by atoms with Crippen LogP contribution in [0.15, 0.2) is 12.3 Å². The monoisotopic (exact) mass is 152 g/mol. The number of rotatable bonds is 1. The lowest BCUT2D eigenvalue weighted by Gasteiger charge is -1.96. The van der Waals surface area contributed by atoms with Gasteiger partial charge < -0.3 is 0 Å². The van der Waals surface area contributed by atoms with Crippen LogP contribution in [-0.4, -0.2) is 4.98 Å². The van der Waals surface area contributed by atoms with Crippen LogP contribution in [0.25, 0.3) is 0 Å². The molecule has 0 amide bonds. The topological polar surface area (TPSA) is 12.9 Å². The predicted molar refractivity (Wildman–Crippen MR) is 40.1 cm³/mol. The maximum Gasteiger partial charge on any atom is 0.0939 e. The van der Waals surface area contributed by atoms with Gasteiger partial charge in [-0.05, 0) is 24.8 Å². The summed E-state index contributed by atoms with van der Waals surface area (Å²) in [4.78, 5) is 3.90. The summed E-state index contributed by atoms with van der Waals surface area (Å²) in [6.07, 6.45) is 7.10. The fraction of sp³-hybridized carbons (Fsp3) is 0.375. The van der Waals surface area contributed by atoms with Gasteiger partial charge in [0.2, 0.25) is 0 Å². The Labute approximate surface area is 65.0 Å². The first-order chi connectivity index (χ1) is 4.88. The molecule has 1 radical (unpaired) electrons. The van der Waals surface area contributed by atoms with E-state index in [0.717, 1.165) is 10.6 Å². The van der Waals surface area contributed by atoms with Crippen molar-refractivity contribution < 1.29 is 0 Å². The van der Waals surface area contributed by atoms with E-state index in [-0.39, 0.29) is 0 Å². The van der Waals surface area contributed by atoms with Crippen molar-refractivity contribution >= 4 is 11.6 Å². The molecule has 1 fully saturated rings. The van der Waals surface area contributed by atoms with E-state index in [1.807, 2.05) is 6.07 Å². The molecule has 1 heterocycles. The van der Waals surface area contributed by atoms with Gasteiger partial charge >= 0.3 is 0 Å². The van der Waals surface area contributed by atoms with Gasteiger partial charge in [-0.2, -0.15) is 0 Å². The van der Waals surface area contributed by atoms with Crippen LogP contribution in [0.4, 0.5) is 0 Å². The van der Waals surface area contributed by atoms with E-state index in [1.165, 1.54) is 12.8 Å². The molecule has 1 aromatic rings. The lowest BCUT2D eigenvalue weighted by molar-refractivity contribution is 1.09. The maximum absolute atomic E-state index is 5.89. The Morgan fingerprint density at radius 2 is 2.40 bits per heavy atom. The van der Waals surface area contributed by atoms with Crippen LogP contribution in [0, 0.1) is 6.20 Å². The van der Waals surface area contributed by atoms with Gasteiger partial charge in [0.1, 0.15) is 0 Å². The second kappa shape index (κ2) is 2.24. The predicted octanol–water partition coefficient (Wildman–Crippen LogP) is 2.41. The summed E-state index contributed by atoms with van der Waals surface area (Å²) >= 11 is 5.89. The highest BCUT2D eigenvalue weighted by atomic mass is 35.5. The van der Waals surface area contributed by atoms with Crippen LogP contribution in [0.5, 0.6) is 0 Å². The minimum atomic E-state index is 0.654. The van der Waals surface area contributed by atoms with E-state index >= 15 is 0 Å². The van der Waals surface area contributed by atoms with E-state index < -0.39 is 0 Å². The Bertz CT molecular complexity index is 243. The third-order valence-corrected chi connectivity index (χ3v) is 2.05. The molecule has 1 saturated carbocycles. The number of nitrogens with zero attached hydrogens (tertiary/aromatic N) is 1. The zero-order chi connectivity index (χ0) is 6.97. The zero-order valence-electron chi connectivity index (χ0n) is 5.47. The highest BCUT2D eigenvalue weighted by molar-refractivity contribution is 6.31. The van der Waals surface area contributed by atoms with Gasteiger partial charge in [-0.3, -0.25) is 4.98 Å². The quantitative estimate of drug-likeness (QED) is 0.602. The van der Waals surface area contributed by atoms with Gasteiger partial charge in [-0.15, -0.1) is 0 Å². The minimum absolute atomic E-state index is 0.654. The summed E-state index contributed by atoms with van der Waals surface area (Å²) in [5.41, 5.74) is 1.10. The summed E-state index contributed by atoms with van der Waals surface area (Å²) in [5, 5.41) is 0.817. The first-order valence-electron chi connectivity index (χ1n) is 3.40. The summed E-state index contributed by atoms with van der Waals surface area (Å²) < 4.78 is 0.